The molecule has 0 fully saturated rings. The Balaban J connectivity index is 2.43. The summed E-state index contributed by atoms with van der Waals surface area (Å²) in [6.07, 6.45) is 5.99. The second-order valence-electron chi connectivity index (χ2n) is 3.29. The van der Waals surface area contributed by atoms with Gasteiger partial charge in [-0.1, -0.05) is 37.3 Å². The van der Waals surface area contributed by atoms with Crippen LogP contribution in [-0.4, -0.2) is 0 Å². The average Bonchev–Trinajstić information content (AvgIpc) is 2.50. The van der Waals surface area contributed by atoms with Crippen LogP contribution < -0.4 is 0 Å². The van der Waals surface area contributed by atoms with Gasteiger partial charge in [0.1, 0.15) is 0 Å². The maximum atomic E-state index is 2.35. The molecule has 0 saturated carbocycles. The van der Waals surface area contributed by atoms with Gasteiger partial charge in [-0.3, -0.25) is 0 Å². The molecule has 12 heavy (non-hydrogen) atoms. The number of hydrogen-bond acceptors (Lipinski definition) is 0. The van der Waals surface area contributed by atoms with Gasteiger partial charge in [-0.15, -0.1) is 0 Å². The quantitative estimate of drug-likeness (QED) is 0.587. The van der Waals surface area contributed by atoms with Gasteiger partial charge in [-0.2, -0.15) is 0 Å². The molecule has 0 amide bonds. The van der Waals surface area contributed by atoms with Crippen LogP contribution in [0.15, 0.2) is 30.3 Å². The van der Waals surface area contributed by atoms with Gasteiger partial charge in [-0.25, -0.2) is 0 Å². The van der Waals surface area contributed by atoms with Crippen molar-refractivity contribution in [2.45, 2.75) is 26.2 Å². The topological polar surface area (TPSA) is 0 Å². The molecular weight excluding hydrogens is 144 g/mol. The minimum absolute atomic E-state index is 1.16. The summed E-state index contributed by atoms with van der Waals surface area (Å²) in [7, 11) is 0. The Morgan fingerprint density at radius 2 is 2.08 bits per heavy atom. The fraction of sp³-hybridized carbons (Fsp3) is 0.333. The standard InChI is InChI=1S/C12H14/c1-2-5-10-8-9-11-6-3-4-7-12(10)11/h3-7H,2,8-9H2,1H3/b10-5+. The smallest absolute Gasteiger partial charge is 0.0195 e. The minimum Gasteiger partial charge on any atom is -0.0810 e. The molecule has 1 aliphatic carbocycles. The van der Waals surface area contributed by atoms with Gasteiger partial charge in [0.25, 0.3) is 0 Å². The van der Waals surface area contributed by atoms with Crippen molar-refractivity contribution in [1.82, 2.24) is 0 Å². The normalized spacial score (nSPS) is 18.2. The first kappa shape index (κ1) is 7.60. The monoisotopic (exact) mass is 158 g/mol. The Kier molecular flexibility index (Phi) is 1.99. The van der Waals surface area contributed by atoms with Crippen LogP contribution in [0.4, 0.5) is 0 Å². The van der Waals surface area contributed by atoms with E-state index in [-0.39, 0.29) is 0 Å². The Hall–Kier alpha value is -1.04. The summed E-state index contributed by atoms with van der Waals surface area (Å²) in [6, 6.07) is 8.75. The van der Waals surface area contributed by atoms with Crippen molar-refractivity contribution < 1.29 is 0 Å². The SMILES string of the molecule is CC/C=C1\CCc2ccccc21. The first-order valence-electron chi connectivity index (χ1n) is 4.69. The van der Waals surface area contributed by atoms with Crippen molar-refractivity contribution in [3.63, 3.8) is 0 Å². The number of rotatable bonds is 1. The van der Waals surface area contributed by atoms with Crippen LogP contribution in [0.3, 0.4) is 0 Å². The molecule has 0 bridgehead atoms. The Labute approximate surface area is 73.9 Å². The predicted octanol–water partition coefficient (Wildman–Crippen LogP) is 3.43. The van der Waals surface area contributed by atoms with Crippen molar-refractivity contribution >= 4 is 5.57 Å². The summed E-state index contributed by atoms with van der Waals surface area (Å²) < 4.78 is 0. The molecule has 1 aliphatic rings. The zero-order valence-corrected chi connectivity index (χ0v) is 7.51. The molecule has 2 rings (SSSR count). The summed E-state index contributed by atoms with van der Waals surface area (Å²) in [4.78, 5) is 0. The lowest BCUT2D eigenvalue weighted by atomic mass is 10.1. The first-order chi connectivity index (χ1) is 5.92. The maximum absolute atomic E-state index is 2.35. The molecule has 0 saturated heterocycles. The number of allylic oxidation sites excluding steroid dienone is 2. The van der Waals surface area contributed by atoms with E-state index in [1.54, 1.807) is 5.57 Å². The highest BCUT2D eigenvalue weighted by molar-refractivity contribution is 5.72. The van der Waals surface area contributed by atoms with Crippen molar-refractivity contribution in [2.75, 3.05) is 0 Å². The van der Waals surface area contributed by atoms with E-state index in [9.17, 15) is 0 Å². The van der Waals surface area contributed by atoms with Crippen LogP contribution in [0.1, 0.15) is 30.9 Å². The van der Waals surface area contributed by atoms with Gasteiger partial charge in [0.15, 0.2) is 0 Å². The second-order valence-corrected chi connectivity index (χ2v) is 3.29. The summed E-state index contributed by atoms with van der Waals surface area (Å²) in [5.74, 6) is 0. The third kappa shape index (κ3) is 1.18. The van der Waals surface area contributed by atoms with E-state index < -0.39 is 0 Å². The Morgan fingerprint density at radius 3 is 2.92 bits per heavy atom. The predicted molar refractivity (Wildman–Crippen MR) is 53.0 cm³/mol. The van der Waals surface area contributed by atoms with Gasteiger partial charge < -0.3 is 0 Å². The number of fused-ring (bicyclic) bond motifs is 1. The lowest BCUT2D eigenvalue weighted by molar-refractivity contribution is 1.07. The summed E-state index contributed by atoms with van der Waals surface area (Å²) in [5.41, 5.74) is 4.56. The zero-order chi connectivity index (χ0) is 8.39. The highest BCUT2D eigenvalue weighted by atomic mass is 14.2. The first-order valence-corrected chi connectivity index (χ1v) is 4.69. The van der Waals surface area contributed by atoms with Crippen LogP contribution in [0.5, 0.6) is 0 Å². The van der Waals surface area contributed by atoms with Crippen LogP contribution >= 0.6 is 0 Å². The van der Waals surface area contributed by atoms with Crippen LogP contribution in [0.25, 0.3) is 5.57 Å². The van der Waals surface area contributed by atoms with Gasteiger partial charge in [-0.05, 0) is 36.0 Å². The molecule has 0 spiro atoms. The molecule has 1 aromatic rings. The fourth-order valence-corrected chi connectivity index (χ4v) is 1.91. The average molecular weight is 158 g/mol. The van der Waals surface area contributed by atoms with E-state index in [1.807, 2.05) is 0 Å². The van der Waals surface area contributed by atoms with E-state index in [4.69, 9.17) is 0 Å². The molecule has 1 aromatic carbocycles. The maximum Gasteiger partial charge on any atom is -0.0195 e. The van der Waals surface area contributed by atoms with E-state index in [1.165, 1.54) is 24.0 Å². The summed E-state index contributed by atoms with van der Waals surface area (Å²) in [6.45, 7) is 2.20. The number of aryl methyl sites for hydroxylation is 1. The Morgan fingerprint density at radius 1 is 1.25 bits per heavy atom. The molecule has 0 aromatic heterocycles. The fourth-order valence-electron chi connectivity index (χ4n) is 1.91. The highest BCUT2D eigenvalue weighted by Gasteiger charge is 2.13. The second kappa shape index (κ2) is 3.14. The molecule has 0 unspecified atom stereocenters. The van der Waals surface area contributed by atoms with E-state index >= 15 is 0 Å². The number of hydrogen-bond donors (Lipinski definition) is 0. The van der Waals surface area contributed by atoms with Crippen LogP contribution in [-0.2, 0) is 6.42 Å². The lowest BCUT2D eigenvalue weighted by Gasteiger charge is -1.98. The third-order valence-corrected chi connectivity index (χ3v) is 2.48. The van der Waals surface area contributed by atoms with Gasteiger partial charge in [0, 0.05) is 0 Å². The van der Waals surface area contributed by atoms with Gasteiger partial charge in [0.05, 0.1) is 0 Å². The van der Waals surface area contributed by atoms with Crippen LogP contribution in [0.2, 0.25) is 0 Å². The van der Waals surface area contributed by atoms with Gasteiger partial charge in [0.2, 0.25) is 0 Å². The minimum atomic E-state index is 1.16. The summed E-state index contributed by atoms with van der Waals surface area (Å²) in [5, 5.41) is 0. The van der Waals surface area contributed by atoms with E-state index in [0.717, 1.165) is 6.42 Å². The molecule has 0 atom stereocenters. The van der Waals surface area contributed by atoms with E-state index in [0.29, 0.717) is 0 Å². The lowest BCUT2D eigenvalue weighted by Crippen LogP contribution is -1.78. The van der Waals surface area contributed by atoms with Crippen molar-refractivity contribution in [1.29, 1.82) is 0 Å². The van der Waals surface area contributed by atoms with E-state index in [2.05, 4.69) is 37.3 Å². The Bertz CT molecular complexity index is 308. The molecule has 0 radical (unpaired) electrons. The molecular formula is C12H14. The molecule has 62 valence electrons. The highest BCUT2D eigenvalue weighted by Crippen LogP contribution is 2.31. The molecule has 0 N–H and O–H groups in total. The number of benzene rings is 1. The molecule has 0 heterocycles. The van der Waals surface area contributed by atoms with Crippen LogP contribution in [0, 0.1) is 0 Å². The summed E-state index contributed by atoms with van der Waals surface area (Å²) >= 11 is 0. The van der Waals surface area contributed by atoms with Gasteiger partial charge >= 0.3 is 0 Å². The third-order valence-electron chi connectivity index (χ3n) is 2.48. The molecule has 0 heteroatoms. The van der Waals surface area contributed by atoms with Crippen molar-refractivity contribution in [3.05, 3.63) is 41.5 Å². The zero-order valence-electron chi connectivity index (χ0n) is 7.51. The van der Waals surface area contributed by atoms with Crippen molar-refractivity contribution in [2.24, 2.45) is 0 Å². The molecule has 0 nitrogen and oxygen atoms in total. The van der Waals surface area contributed by atoms with Crippen molar-refractivity contribution in [3.8, 4) is 0 Å². The largest absolute Gasteiger partial charge is 0.0810 e. The molecule has 0 aliphatic heterocycles.